The molecule has 3 heterocycles. The number of rotatable bonds is 8. The topological polar surface area (TPSA) is 144 Å². The number of hydrogen-bond acceptors (Lipinski definition) is 8. The molecule has 1 saturated carbocycles. The van der Waals surface area contributed by atoms with Gasteiger partial charge in [0.25, 0.3) is 11.8 Å². The standard InChI is InChI=1S/C24H29N9O2/c1-2-33-14-19(12-26-33)27-22-20(21(25)34)30-31-24(29-22)32-11-3-4-18(13-32)28-23(35)17-9-7-16(8-10-17)15-5-6-15/h7-10,12,14-15,18H,2-6,11,13H2,1H3,(H2,25,34)(H,28,35)(H,27,29,31). The van der Waals surface area contributed by atoms with E-state index in [-0.39, 0.29) is 23.5 Å². The van der Waals surface area contributed by atoms with Crippen molar-refractivity contribution >= 4 is 29.3 Å². The van der Waals surface area contributed by atoms with Crippen molar-refractivity contribution in [1.82, 2.24) is 30.3 Å². The molecule has 1 aromatic carbocycles. The summed E-state index contributed by atoms with van der Waals surface area (Å²) in [5.41, 5.74) is 8.07. The van der Waals surface area contributed by atoms with Gasteiger partial charge in [0.15, 0.2) is 11.5 Å². The van der Waals surface area contributed by atoms with E-state index in [1.54, 1.807) is 17.1 Å². The molecule has 5 rings (SSSR count). The number of anilines is 3. The van der Waals surface area contributed by atoms with Crippen LogP contribution in [0.5, 0.6) is 0 Å². The van der Waals surface area contributed by atoms with Crippen molar-refractivity contribution in [2.24, 2.45) is 5.73 Å². The maximum Gasteiger partial charge on any atom is 0.273 e. The van der Waals surface area contributed by atoms with E-state index in [2.05, 4.69) is 43.0 Å². The van der Waals surface area contributed by atoms with E-state index in [0.29, 0.717) is 42.8 Å². The number of carbonyl (C=O) groups excluding carboxylic acids is 2. The zero-order valence-corrected chi connectivity index (χ0v) is 19.6. The summed E-state index contributed by atoms with van der Waals surface area (Å²) in [6.07, 6.45) is 7.63. The van der Waals surface area contributed by atoms with Gasteiger partial charge in [-0.15, -0.1) is 10.2 Å². The second-order valence-corrected chi connectivity index (χ2v) is 9.04. The second kappa shape index (κ2) is 9.69. The molecule has 11 heteroatoms. The lowest BCUT2D eigenvalue weighted by molar-refractivity contribution is 0.0931. The van der Waals surface area contributed by atoms with E-state index in [1.165, 1.54) is 18.4 Å². The summed E-state index contributed by atoms with van der Waals surface area (Å²) in [7, 11) is 0. The van der Waals surface area contributed by atoms with Crippen LogP contribution in [0.1, 0.15) is 64.9 Å². The van der Waals surface area contributed by atoms with Crippen LogP contribution >= 0.6 is 0 Å². The second-order valence-electron chi connectivity index (χ2n) is 9.04. The van der Waals surface area contributed by atoms with Gasteiger partial charge in [-0.3, -0.25) is 14.3 Å². The third-order valence-electron chi connectivity index (χ3n) is 6.39. The van der Waals surface area contributed by atoms with E-state index < -0.39 is 5.91 Å². The molecule has 1 aliphatic carbocycles. The van der Waals surface area contributed by atoms with Gasteiger partial charge in [-0.2, -0.15) is 10.1 Å². The van der Waals surface area contributed by atoms with Crippen LogP contribution in [0.4, 0.5) is 17.5 Å². The maximum atomic E-state index is 12.8. The first kappa shape index (κ1) is 22.8. The molecule has 2 aliphatic rings. The van der Waals surface area contributed by atoms with Crippen LogP contribution < -0.4 is 21.3 Å². The van der Waals surface area contributed by atoms with Gasteiger partial charge in [0.1, 0.15) is 0 Å². The molecule has 1 saturated heterocycles. The van der Waals surface area contributed by atoms with E-state index >= 15 is 0 Å². The molecule has 11 nitrogen and oxygen atoms in total. The minimum absolute atomic E-state index is 0.0468. The summed E-state index contributed by atoms with van der Waals surface area (Å²) in [5, 5.41) is 18.6. The lowest BCUT2D eigenvalue weighted by atomic mass is 10.0. The van der Waals surface area contributed by atoms with Crippen LogP contribution in [-0.4, -0.2) is 55.9 Å². The predicted molar refractivity (Wildman–Crippen MR) is 131 cm³/mol. The average molecular weight is 476 g/mol. The van der Waals surface area contributed by atoms with E-state index in [1.807, 2.05) is 24.0 Å². The van der Waals surface area contributed by atoms with E-state index in [4.69, 9.17) is 5.73 Å². The molecule has 2 fully saturated rings. The molecule has 0 bridgehead atoms. The monoisotopic (exact) mass is 475 g/mol. The summed E-state index contributed by atoms with van der Waals surface area (Å²) in [4.78, 5) is 31.2. The normalized spacial score (nSPS) is 17.7. The molecule has 182 valence electrons. The van der Waals surface area contributed by atoms with Gasteiger partial charge < -0.3 is 21.3 Å². The Bertz CT molecular complexity index is 1220. The fraction of sp³-hybridized carbons (Fsp3) is 0.417. The van der Waals surface area contributed by atoms with Crippen LogP contribution in [-0.2, 0) is 6.54 Å². The number of nitrogens with zero attached hydrogens (tertiary/aromatic N) is 6. The Hall–Kier alpha value is -4.02. The van der Waals surface area contributed by atoms with Gasteiger partial charge in [-0.05, 0) is 56.2 Å². The average Bonchev–Trinajstić information content (AvgIpc) is 3.63. The molecule has 2 aromatic heterocycles. The molecule has 3 aromatic rings. The van der Waals surface area contributed by atoms with Crippen LogP contribution in [0.3, 0.4) is 0 Å². The summed E-state index contributed by atoms with van der Waals surface area (Å²) >= 11 is 0. The molecular weight excluding hydrogens is 446 g/mol. The highest BCUT2D eigenvalue weighted by atomic mass is 16.2. The highest BCUT2D eigenvalue weighted by molar-refractivity contribution is 5.96. The van der Waals surface area contributed by atoms with Crippen LogP contribution in [0.15, 0.2) is 36.7 Å². The van der Waals surface area contributed by atoms with Crippen LogP contribution in [0, 0.1) is 0 Å². The Balaban J connectivity index is 1.28. The third-order valence-corrected chi connectivity index (χ3v) is 6.39. The minimum atomic E-state index is -0.724. The molecule has 1 atom stereocenters. The lowest BCUT2D eigenvalue weighted by Crippen LogP contribution is -2.48. The van der Waals surface area contributed by atoms with Gasteiger partial charge in [0, 0.05) is 37.4 Å². The molecule has 1 unspecified atom stereocenters. The fourth-order valence-corrected chi connectivity index (χ4v) is 4.31. The number of aromatic nitrogens is 5. The molecule has 4 N–H and O–H groups in total. The van der Waals surface area contributed by atoms with Crippen molar-refractivity contribution in [1.29, 1.82) is 0 Å². The summed E-state index contributed by atoms with van der Waals surface area (Å²) in [6.45, 7) is 3.94. The van der Waals surface area contributed by atoms with Crippen molar-refractivity contribution in [2.75, 3.05) is 23.3 Å². The number of amides is 2. The first-order chi connectivity index (χ1) is 17.0. The zero-order valence-electron chi connectivity index (χ0n) is 19.6. The SMILES string of the molecule is CCn1cc(Nc2nc(N3CCCC(NC(=O)c4ccc(C5CC5)cc4)C3)nnc2C(N)=O)cn1. The van der Waals surface area contributed by atoms with Crippen LogP contribution in [0.25, 0.3) is 0 Å². The summed E-state index contributed by atoms with van der Waals surface area (Å²) in [5.74, 6) is 0.444. The van der Waals surface area contributed by atoms with E-state index in [0.717, 1.165) is 12.8 Å². The number of benzene rings is 1. The Morgan fingerprint density at radius 2 is 1.94 bits per heavy atom. The molecular formula is C24H29N9O2. The molecule has 0 radical (unpaired) electrons. The van der Waals surface area contributed by atoms with Crippen molar-refractivity contribution in [3.05, 3.63) is 53.5 Å². The number of nitrogens with one attached hydrogen (secondary N) is 2. The van der Waals surface area contributed by atoms with Crippen LogP contribution in [0.2, 0.25) is 0 Å². The Morgan fingerprint density at radius 3 is 2.63 bits per heavy atom. The van der Waals surface area contributed by atoms with Crippen molar-refractivity contribution in [3.8, 4) is 0 Å². The fourth-order valence-electron chi connectivity index (χ4n) is 4.31. The number of carbonyl (C=O) groups is 2. The van der Waals surface area contributed by atoms with Gasteiger partial charge in [0.05, 0.1) is 11.9 Å². The van der Waals surface area contributed by atoms with E-state index in [9.17, 15) is 9.59 Å². The largest absolute Gasteiger partial charge is 0.364 e. The third kappa shape index (κ3) is 5.23. The zero-order chi connectivity index (χ0) is 24.4. The predicted octanol–water partition coefficient (Wildman–Crippen LogP) is 2.21. The van der Waals surface area contributed by atoms with Gasteiger partial charge in [-0.1, -0.05) is 12.1 Å². The lowest BCUT2D eigenvalue weighted by Gasteiger charge is -2.33. The highest BCUT2D eigenvalue weighted by Crippen LogP contribution is 2.39. The maximum absolute atomic E-state index is 12.8. The highest BCUT2D eigenvalue weighted by Gasteiger charge is 2.26. The first-order valence-electron chi connectivity index (χ1n) is 12.0. The first-order valence-corrected chi connectivity index (χ1v) is 12.0. The van der Waals surface area contributed by atoms with Crippen molar-refractivity contribution in [3.63, 3.8) is 0 Å². The number of aryl methyl sites for hydroxylation is 1. The summed E-state index contributed by atoms with van der Waals surface area (Å²) in [6, 6.07) is 7.85. The van der Waals surface area contributed by atoms with Crippen molar-refractivity contribution < 1.29 is 9.59 Å². The molecule has 35 heavy (non-hydrogen) atoms. The quantitative estimate of drug-likeness (QED) is 0.450. The Labute approximate surface area is 203 Å². The van der Waals surface area contributed by atoms with Gasteiger partial charge in [-0.25, -0.2) is 0 Å². The Kier molecular flexibility index (Phi) is 6.30. The molecule has 2 amide bonds. The summed E-state index contributed by atoms with van der Waals surface area (Å²) < 4.78 is 1.75. The molecule has 0 spiro atoms. The number of piperidine rings is 1. The van der Waals surface area contributed by atoms with Crippen molar-refractivity contribution in [2.45, 2.75) is 51.1 Å². The Morgan fingerprint density at radius 1 is 1.14 bits per heavy atom. The number of nitrogens with two attached hydrogens (primary N) is 1. The number of primary amides is 1. The molecule has 1 aliphatic heterocycles. The minimum Gasteiger partial charge on any atom is -0.364 e. The van der Waals surface area contributed by atoms with Gasteiger partial charge in [0.2, 0.25) is 5.95 Å². The smallest absolute Gasteiger partial charge is 0.273 e. The number of hydrogen-bond donors (Lipinski definition) is 3. The van der Waals surface area contributed by atoms with Gasteiger partial charge >= 0.3 is 0 Å².